The predicted octanol–water partition coefficient (Wildman–Crippen LogP) is 2.08. The summed E-state index contributed by atoms with van der Waals surface area (Å²) in [6.45, 7) is 9.89. The van der Waals surface area contributed by atoms with Crippen LogP contribution in [-0.4, -0.2) is 47.8 Å². The number of likely N-dealkylation sites (tertiary alicyclic amines) is 1. The van der Waals surface area contributed by atoms with Gasteiger partial charge in [0.05, 0.1) is 36.6 Å². The molecule has 4 nitrogen and oxygen atoms in total. The predicted molar refractivity (Wildman–Crippen MR) is 75.4 cm³/mol. The highest BCUT2D eigenvalue weighted by molar-refractivity contribution is 7.09. The Morgan fingerprint density at radius 3 is 3.05 bits per heavy atom. The molecular weight excluding hydrogens is 260 g/mol. The van der Waals surface area contributed by atoms with Crippen LogP contribution in [0.4, 0.5) is 0 Å². The summed E-state index contributed by atoms with van der Waals surface area (Å²) in [5.41, 5.74) is 1.06. The lowest BCUT2D eigenvalue weighted by molar-refractivity contribution is 0.00614. The van der Waals surface area contributed by atoms with Gasteiger partial charge in [-0.3, -0.25) is 4.90 Å². The largest absolute Gasteiger partial charge is 0.379 e. The summed E-state index contributed by atoms with van der Waals surface area (Å²) in [5.74, 6) is 0.530. The number of aryl methyl sites for hydroxylation is 1. The molecule has 0 spiro atoms. The van der Waals surface area contributed by atoms with Crippen molar-refractivity contribution in [2.75, 3.05) is 19.8 Å². The molecule has 1 aromatic rings. The summed E-state index contributed by atoms with van der Waals surface area (Å²) in [7, 11) is 0. The Balaban J connectivity index is 1.61. The number of aromatic nitrogens is 1. The van der Waals surface area contributed by atoms with E-state index in [1.165, 1.54) is 0 Å². The second kappa shape index (κ2) is 5.48. The first-order valence-corrected chi connectivity index (χ1v) is 7.89. The van der Waals surface area contributed by atoms with Crippen molar-refractivity contribution in [1.29, 1.82) is 0 Å². The molecule has 19 heavy (non-hydrogen) atoms. The number of thiazole rings is 1. The van der Waals surface area contributed by atoms with Crippen LogP contribution >= 0.6 is 11.3 Å². The van der Waals surface area contributed by atoms with Crippen molar-refractivity contribution in [3.8, 4) is 0 Å². The van der Waals surface area contributed by atoms with Crippen molar-refractivity contribution in [1.82, 2.24) is 9.88 Å². The SMILES string of the molecule is Cc1nc(CO[C@H]2CN(C(C)C)[C@H]3COC[C@@H]23)cs1. The van der Waals surface area contributed by atoms with Crippen molar-refractivity contribution >= 4 is 11.3 Å². The van der Waals surface area contributed by atoms with Gasteiger partial charge in [-0.1, -0.05) is 0 Å². The van der Waals surface area contributed by atoms with Gasteiger partial charge in [0.1, 0.15) is 0 Å². The van der Waals surface area contributed by atoms with Crippen molar-refractivity contribution in [2.24, 2.45) is 5.92 Å². The average molecular weight is 282 g/mol. The van der Waals surface area contributed by atoms with Crippen molar-refractivity contribution in [3.63, 3.8) is 0 Å². The van der Waals surface area contributed by atoms with E-state index in [4.69, 9.17) is 9.47 Å². The molecule has 0 N–H and O–H groups in total. The number of hydrogen-bond donors (Lipinski definition) is 0. The number of nitrogens with zero attached hydrogens (tertiary/aromatic N) is 2. The van der Waals surface area contributed by atoms with E-state index < -0.39 is 0 Å². The van der Waals surface area contributed by atoms with E-state index in [1.54, 1.807) is 11.3 Å². The zero-order valence-corrected chi connectivity index (χ0v) is 12.7. The van der Waals surface area contributed by atoms with Crippen LogP contribution < -0.4 is 0 Å². The standard InChI is InChI=1S/C14H22N2O2S/c1-9(2)16-4-14(12-6-17-7-13(12)16)18-5-11-8-19-10(3)15-11/h8-9,12-14H,4-7H2,1-3H3/t12-,13+,14+/m1/s1. The van der Waals surface area contributed by atoms with E-state index in [2.05, 4.69) is 29.1 Å². The lowest BCUT2D eigenvalue weighted by Gasteiger charge is -2.26. The second-order valence-electron chi connectivity index (χ2n) is 5.77. The second-order valence-corrected chi connectivity index (χ2v) is 6.83. The number of ether oxygens (including phenoxy) is 2. The molecule has 3 heterocycles. The smallest absolute Gasteiger partial charge is 0.0901 e. The maximum Gasteiger partial charge on any atom is 0.0901 e. The van der Waals surface area contributed by atoms with Gasteiger partial charge in [-0.15, -0.1) is 11.3 Å². The zero-order chi connectivity index (χ0) is 13.4. The molecule has 0 unspecified atom stereocenters. The molecule has 0 aromatic carbocycles. The third kappa shape index (κ3) is 2.70. The maximum absolute atomic E-state index is 6.12. The van der Waals surface area contributed by atoms with Crippen LogP contribution in [0.5, 0.6) is 0 Å². The molecule has 2 aliphatic rings. The average Bonchev–Trinajstić information content (AvgIpc) is 3.02. The van der Waals surface area contributed by atoms with Gasteiger partial charge in [-0.2, -0.15) is 0 Å². The summed E-state index contributed by atoms with van der Waals surface area (Å²) in [6, 6.07) is 1.10. The van der Waals surface area contributed by atoms with Gasteiger partial charge in [0.15, 0.2) is 0 Å². The number of fused-ring (bicyclic) bond motifs is 1. The molecule has 0 aliphatic carbocycles. The highest BCUT2D eigenvalue weighted by Crippen LogP contribution is 2.33. The van der Waals surface area contributed by atoms with Crippen LogP contribution in [-0.2, 0) is 16.1 Å². The highest BCUT2D eigenvalue weighted by atomic mass is 32.1. The van der Waals surface area contributed by atoms with Crippen LogP contribution in [0.25, 0.3) is 0 Å². The lowest BCUT2D eigenvalue weighted by Crippen LogP contribution is -2.38. The fraction of sp³-hybridized carbons (Fsp3) is 0.786. The molecule has 0 radical (unpaired) electrons. The van der Waals surface area contributed by atoms with Crippen molar-refractivity contribution in [2.45, 2.75) is 45.6 Å². The topological polar surface area (TPSA) is 34.6 Å². The Bertz CT molecular complexity index is 435. The van der Waals surface area contributed by atoms with E-state index >= 15 is 0 Å². The van der Waals surface area contributed by atoms with E-state index in [9.17, 15) is 0 Å². The lowest BCUT2D eigenvalue weighted by atomic mass is 10.0. The van der Waals surface area contributed by atoms with E-state index in [0.717, 1.165) is 30.5 Å². The first-order chi connectivity index (χ1) is 9.15. The summed E-state index contributed by atoms with van der Waals surface area (Å²) >= 11 is 1.69. The van der Waals surface area contributed by atoms with Gasteiger partial charge in [-0.25, -0.2) is 4.98 Å². The molecule has 1 aromatic heterocycles. The highest BCUT2D eigenvalue weighted by Gasteiger charge is 2.46. The third-order valence-electron chi connectivity index (χ3n) is 4.16. The third-order valence-corrected chi connectivity index (χ3v) is 4.98. The van der Waals surface area contributed by atoms with Gasteiger partial charge >= 0.3 is 0 Å². The van der Waals surface area contributed by atoms with E-state index in [1.807, 2.05) is 6.92 Å². The number of rotatable bonds is 4. The van der Waals surface area contributed by atoms with Crippen molar-refractivity contribution in [3.05, 3.63) is 16.1 Å². The van der Waals surface area contributed by atoms with Gasteiger partial charge in [0, 0.05) is 29.9 Å². The fourth-order valence-corrected chi connectivity index (χ4v) is 3.77. The summed E-state index contributed by atoms with van der Waals surface area (Å²) in [4.78, 5) is 6.98. The molecule has 0 amide bonds. The summed E-state index contributed by atoms with van der Waals surface area (Å²) in [5, 5.41) is 3.20. The fourth-order valence-electron chi connectivity index (χ4n) is 3.17. The minimum Gasteiger partial charge on any atom is -0.379 e. The van der Waals surface area contributed by atoms with Crippen LogP contribution in [0.1, 0.15) is 24.5 Å². The zero-order valence-electron chi connectivity index (χ0n) is 11.8. The molecule has 3 rings (SSSR count). The minimum atomic E-state index is 0.289. The van der Waals surface area contributed by atoms with Gasteiger partial charge in [-0.05, 0) is 20.8 Å². The number of hydrogen-bond acceptors (Lipinski definition) is 5. The van der Waals surface area contributed by atoms with E-state index in [-0.39, 0.29) is 6.10 Å². The van der Waals surface area contributed by atoms with Crippen LogP contribution in [0.15, 0.2) is 5.38 Å². The summed E-state index contributed by atoms with van der Waals surface area (Å²) < 4.78 is 11.8. The monoisotopic (exact) mass is 282 g/mol. The molecule has 0 bridgehead atoms. The molecule has 5 heteroatoms. The molecule has 2 fully saturated rings. The Hall–Kier alpha value is -0.490. The Morgan fingerprint density at radius 2 is 2.37 bits per heavy atom. The van der Waals surface area contributed by atoms with Gasteiger partial charge in [0.25, 0.3) is 0 Å². The van der Waals surface area contributed by atoms with Crippen LogP contribution in [0.3, 0.4) is 0 Å². The summed E-state index contributed by atoms with van der Waals surface area (Å²) in [6.07, 6.45) is 0.289. The quantitative estimate of drug-likeness (QED) is 0.847. The van der Waals surface area contributed by atoms with Gasteiger partial charge < -0.3 is 9.47 Å². The molecule has 106 valence electrons. The molecule has 0 saturated carbocycles. The van der Waals surface area contributed by atoms with Crippen molar-refractivity contribution < 1.29 is 9.47 Å². The minimum absolute atomic E-state index is 0.289. The first kappa shape index (κ1) is 13.5. The normalized spacial score (nSPS) is 31.3. The Kier molecular flexibility index (Phi) is 3.89. The van der Waals surface area contributed by atoms with Crippen LogP contribution in [0, 0.1) is 12.8 Å². The van der Waals surface area contributed by atoms with Crippen LogP contribution in [0.2, 0.25) is 0 Å². The Morgan fingerprint density at radius 1 is 1.53 bits per heavy atom. The Labute approximate surface area is 118 Å². The molecule has 3 atom stereocenters. The molecular formula is C14H22N2O2S. The first-order valence-electron chi connectivity index (χ1n) is 7.01. The molecule has 2 saturated heterocycles. The van der Waals surface area contributed by atoms with Gasteiger partial charge in [0.2, 0.25) is 0 Å². The maximum atomic E-state index is 6.12. The van der Waals surface area contributed by atoms with E-state index in [0.29, 0.717) is 24.6 Å². The molecule has 2 aliphatic heterocycles.